The third-order valence-corrected chi connectivity index (χ3v) is 1.68. The van der Waals surface area contributed by atoms with Crippen LogP contribution in [0.15, 0.2) is 0 Å². The van der Waals surface area contributed by atoms with Crippen molar-refractivity contribution in [2.24, 2.45) is 5.92 Å². The van der Waals surface area contributed by atoms with Crippen LogP contribution < -0.4 is 63.3 Å². The van der Waals surface area contributed by atoms with Gasteiger partial charge in [0.15, 0.2) is 0 Å². The van der Waals surface area contributed by atoms with Gasteiger partial charge in [0.1, 0.15) is 0 Å². The van der Waals surface area contributed by atoms with Gasteiger partial charge in [0.25, 0.3) is 0 Å². The number of carbonyl (C=O) groups is 2. The van der Waals surface area contributed by atoms with Crippen LogP contribution in [0.5, 0.6) is 0 Å². The molecule has 1 fully saturated rings. The van der Waals surface area contributed by atoms with Crippen LogP contribution >= 0.6 is 0 Å². The molecule has 4 nitrogen and oxygen atoms in total. The van der Waals surface area contributed by atoms with Crippen molar-refractivity contribution in [1.29, 1.82) is 0 Å². The molecule has 1 heterocycles. The summed E-state index contributed by atoms with van der Waals surface area (Å²) in [5.41, 5.74) is 0. The first-order valence-electron chi connectivity index (χ1n) is 3.05. The number of hydrogen-bond acceptors (Lipinski definition) is 3. The summed E-state index contributed by atoms with van der Waals surface area (Å²) < 4.78 is 0. The molecule has 1 aliphatic rings. The van der Waals surface area contributed by atoms with E-state index in [1.807, 2.05) is 0 Å². The molecule has 0 radical (unpaired) electrons. The summed E-state index contributed by atoms with van der Waals surface area (Å²) in [5.74, 6) is -1.18. The standard InChI is InChI=1S/C6H8NO3.Rb/c1-7-5(9)2-4(3-8)6(7)10;/h4H,2-3H2,1H3;/q-1;+1. The largest absolute Gasteiger partial charge is 1.00 e. The van der Waals surface area contributed by atoms with Crippen molar-refractivity contribution in [1.82, 2.24) is 4.90 Å². The number of rotatable bonds is 1. The van der Waals surface area contributed by atoms with Crippen LogP contribution in [-0.4, -0.2) is 30.4 Å². The van der Waals surface area contributed by atoms with Gasteiger partial charge in [-0.25, -0.2) is 0 Å². The summed E-state index contributed by atoms with van der Waals surface area (Å²) in [6.45, 7) is -0.477. The molecule has 0 aliphatic carbocycles. The quantitative estimate of drug-likeness (QED) is 0.424. The van der Waals surface area contributed by atoms with Crippen LogP contribution in [0.2, 0.25) is 0 Å². The number of likely N-dealkylation sites (tertiary alicyclic amines) is 1. The fourth-order valence-corrected chi connectivity index (χ4v) is 0.962. The second-order valence-electron chi connectivity index (χ2n) is 2.36. The second kappa shape index (κ2) is 4.82. The van der Waals surface area contributed by atoms with E-state index < -0.39 is 12.5 Å². The smallest absolute Gasteiger partial charge is 0.854 e. The van der Waals surface area contributed by atoms with Crippen molar-refractivity contribution in [3.63, 3.8) is 0 Å². The molecule has 5 heteroatoms. The van der Waals surface area contributed by atoms with Gasteiger partial charge >= 0.3 is 58.2 Å². The van der Waals surface area contributed by atoms with E-state index in [0.717, 1.165) is 4.90 Å². The zero-order chi connectivity index (χ0) is 7.72. The molecule has 2 amide bonds. The van der Waals surface area contributed by atoms with Crippen molar-refractivity contribution in [3.8, 4) is 0 Å². The van der Waals surface area contributed by atoms with E-state index in [4.69, 9.17) is 0 Å². The molecule has 1 aliphatic heterocycles. The Bertz CT molecular complexity index is 183. The first-order chi connectivity index (χ1) is 4.66. The number of hydrogen-bond donors (Lipinski definition) is 0. The fourth-order valence-electron chi connectivity index (χ4n) is 0.962. The third-order valence-electron chi connectivity index (χ3n) is 1.68. The molecule has 1 unspecified atom stereocenters. The maximum atomic E-state index is 10.9. The Morgan fingerprint density at radius 1 is 1.64 bits per heavy atom. The maximum Gasteiger partial charge on any atom is 1.00 e. The normalized spacial score (nSPS) is 23.8. The Labute approximate surface area is 114 Å². The number of amides is 2. The van der Waals surface area contributed by atoms with E-state index in [2.05, 4.69) is 0 Å². The van der Waals surface area contributed by atoms with Crippen molar-refractivity contribution in [2.45, 2.75) is 6.42 Å². The van der Waals surface area contributed by atoms with Gasteiger partial charge in [0.05, 0.1) is 0 Å². The molecule has 0 aromatic rings. The predicted molar refractivity (Wildman–Crippen MR) is 30.8 cm³/mol. The average Bonchev–Trinajstić information content (AvgIpc) is 2.17. The third kappa shape index (κ3) is 2.42. The van der Waals surface area contributed by atoms with Crippen molar-refractivity contribution in [2.75, 3.05) is 13.7 Å². The molecular weight excluding hydrogens is 220 g/mol. The van der Waals surface area contributed by atoms with E-state index in [1.54, 1.807) is 0 Å². The first kappa shape index (κ1) is 11.9. The average molecular weight is 228 g/mol. The molecule has 0 saturated carbocycles. The van der Waals surface area contributed by atoms with Crippen molar-refractivity contribution in [3.05, 3.63) is 0 Å². The topological polar surface area (TPSA) is 60.4 Å². The van der Waals surface area contributed by atoms with E-state index >= 15 is 0 Å². The summed E-state index contributed by atoms with van der Waals surface area (Å²) in [5, 5.41) is 10.2. The van der Waals surface area contributed by atoms with E-state index in [-0.39, 0.29) is 76.4 Å². The Kier molecular flexibility index (Phi) is 5.21. The number of carbonyl (C=O) groups excluding carboxylic acids is 2. The van der Waals surface area contributed by atoms with Gasteiger partial charge in [-0.1, -0.05) is 0 Å². The minimum atomic E-state index is -0.600. The molecular formula is C6H8NO3Rb. The van der Waals surface area contributed by atoms with Gasteiger partial charge in [-0.3, -0.25) is 14.5 Å². The molecule has 0 aromatic heterocycles. The first-order valence-corrected chi connectivity index (χ1v) is 3.05. The van der Waals surface area contributed by atoms with Gasteiger partial charge in [0, 0.05) is 19.4 Å². The van der Waals surface area contributed by atoms with E-state index in [1.165, 1.54) is 7.05 Å². The SMILES string of the molecule is CN1C(=O)CC(C[O-])C1=O.[Rb+]. The van der Waals surface area contributed by atoms with Gasteiger partial charge in [-0.15, -0.1) is 6.61 Å². The number of imide groups is 1. The Balaban J connectivity index is 0.000001000. The summed E-state index contributed by atoms with van der Waals surface area (Å²) in [4.78, 5) is 22.6. The maximum absolute atomic E-state index is 10.9. The molecule has 1 atom stereocenters. The molecule has 1 rings (SSSR count). The zero-order valence-electron chi connectivity index (χ0n) is 6.66. The summed E-state index contributed by atoms with van der Waals surface area (Å²) in [6.07, 6.45) is 0.0961. The number of nitrogens with zero attached hydrogens (tertiary/aromatic N) is 1. The minimum Gasteiger partial charge on any atom is -0.854 e. The predicted octanol–water partition coefficient (Wildman–Crippen LogP) is -4.64. The molecule has 56 valence electrons. The van der Waals surface area contributed by atoms with Crippen LogP contribution in [0, 0.1) is 5.92 Å². The minimum absolute atomic E-state index is 0. The molecule has 0 spiro atoms. The molecule has 1 saturated heterocycles. The molecule has 0 N–H and O–H groups in total. The van der Waals surface area contributed by atoms with Crippen LogP contribution in [0.25, 0.3) is 0 Å². The Morgan fingerprint density at radius 2 is 2.18 bits per heavy atom. The Hall–Kier alpha value is 0.905. The van der Waals surface area contributed by atoms with Crippen molar-refractivity contribution < 1.29 is 72.9 Å². The molecule has 0 bridgehead atoms. The van der Waals surface area contributed by atoms with E-state index in [0.29, 0.717) is 0 Å². The van der Waals surface area contributed by atoms with E-state index in [9.17, 15) is 14.7 Å². The fraction of sp³-hybridized carbons (Fsp3) is 0.667. The summed E-state index contributed by atoms with van der Waals surface area (Å²) in [7, 11) is 1.40. The zero-order valence-corrected chi connectivity index (χ0v) is 11.6. The monoisotopic (exact) mass is 227 g/mol. The summed E-state index contributed by atoms with van der Waals surface area (Å²) in [6, 6.07) is 0. The molecule has 11 heavy (non-hydrogen) atoms. The van der Waals surface area contributed by atoms with Gasteiger partial charge in [-0.2, -0.15) is 0 Å². The van der Waals surface area contributed by atoms with Crippen LogP contribution in [0.1, 0.15) is 6.42 Å². The van der Waals surface area contributed by atoms with Gasteiger partial charge in [-0.05, 0) is 0 Å². The van der Waals surface area contributed by atoms with Crippen molar-refractivity contribution >= 4 is 11.8 Å². The van der Waals surface area contributed by atoms with Crippen LogP contribution in [0.3, 0.4) is 0 Å². The second-order valence-corrected chi connectivity index (χ2v) is 2.36. The molecule has 0 aromatic carbocycles. The van der Waals surface area contributed by atoms with Gasteiger partial charge in [0.2, 0.25) is 11.8 Å². The Morgan fingerprint density at radius 3 is 2.36 bits per heavy atom. The van der Waals surface area contributed by atoms with Crippen LogP contribution in [-0.2, 0) is 9.59 Å². The van der Waals surface area contributed by atoms with Crippen LogP contribution in [0.4, 0.5) is 0 Å². The summed E-state index contributed by atoms with van der Waals surface area (Å²) >= 11 is 0. The van der Waals surface area contributed by atoms with Gasteiger partial charge < -0.3 is 5.11 Å².